The number of hydrogen-bond acceptors (Lipinski definition) is 1. The molecule has 1 nitrogen and oxygen atoms in total. The Hall–Kier alpha value is -0.980. The van der Waals surface area contributed by atoms with Gasteiger partial charge >= 0.3 is 0 Å². The minimum absolute atomic E-state index is 0.314. The van der Waals surface area contributed by atoms with Gasteiger partial charge in [0.15, 0.2) is 0 Å². The van der Waals surface area contributed by atoms with Gasteiger partial charge in [-0.25, -0.2) is 0 Å². The van der Waals surface area contributed by atoms with E-state index in [4.69, 9.17) is 0 Å². The molecule has 3 rings (SSSR count). The third-order valence-electron chi connectivity index (χ3n) is 5.42. The summed E-state index contributed by atoms with van der Waals surface area (Å²) in [7, 11) is 0. The lowest BCUT2D eigenvalue weighted by atomic mass is 9.86. The van der Waals surface area contributed by atoms with Crippen molar-refractivity contribution in [1.82, 2.24) is 0 Å². The normalized spacial score (nSPS) is 26.6. The van der Waals surface area contributed by atoms with Gasteiger partial charge in [-0.05, 0) is 55.4 Å². The van der Waals surface area contributed by atoms with E-state index in [1.807, 2.05) is 0 Å². The second kappa shape index (κ2) is 5.09. The van der Waals surface area contributed by atoms with Gasteiger partial charge in [0.05, 0.1) is 0 Å². The zero-order valence-corrected chi connectivity index (χ0v) is 13.2. The van der Waals surface area contributed by atoms with E-state index in [9.17, 15) is 5.11 Å². The van der Waals surface area contributed by atoms with Gasteiger partial charge in [0.2, 0.25) is 0 Å². The van der Waals surface area contributed by atoms with Gasteiger partial charge in [-0.2, -0.15) is 0 Å². The van der Waals surface area contributed by atoms with E-state index in [0.717, 1.165) is 5.92 Å². The summed E-state index contributed by atoms with van der Waals surface area (Å²) in [6.45, 7) is 6.70. The molecule has 20 heavy (non-hydrogen) atoms. The van der Waals surface area contributed by atoms with Crippen LogP contribution in [0.25, 0.3) is 0 Å². The van der Waals surface area contributed by atoms with Gasteiger partial charge in [-0.3, -0.25) is 0 Å². The van der Waals surface area contributed by atoms with Crippen molar-refractivity contribution < 1.29 is 5.11 Å². The Morgan fingerprint density at radius 1 is 1.20 bits per heavy atom. The fraction of sp³-hybridized carbons (Fsp3) is 0.684. The molecule has 1 N–H and O–H groups in total. The first-order chi connectivity index (χ1) is 9.61. The number of phenolic OH excluding ortho intramolecular Hbond substituents is 1. The largest absolute Gasteiger partial charge is 0.507 e. The van der Waals surface area contributed by atoms with Crippen LogP contribution in [0.1, 0.15) is 81.4 Å². The molecule has 0 spiro atoms. The van der Waals surface area contributed by atoms with Crippen LogP contribution >= 0.6 is 0 Å². The Balaban J connectivity index is 1.91. The summed E-state index contributed by atoms with van der Waals surface area (Å²) in [6.07, 6.45) is 8.83. The van der Waals surface area contributed by atoms with Crippen LogP contribution < -0.4 is 0 Å². The Morgan fingerprint density at radius 3 is 2.55 bits per heavy atom. The zero-order chi connectivity index (χ0) is 14.3. The average molecular weight is 272 g/mol. The van der Waals surface area contributed by atoms with Crippen molar-refractivity contribution >= 4 is 0 Å². The molecular formula is C19H28O. The molecule has 0 bridgehead atoms. The monoisotopic (exact) mass is 272 g/mol. The molecule has 2 fully saturated rings. The molecule has 1 aromatic carbocycles. The number of benzene rings is 1. The van der Waals surface area contributed by atoms with E-state index < -0.39 is 0 Å². The highest BCUT2D eigenvalue weighted by Gasteiger charge is 2.47. The summed E-state index contributed by atoms with van der Waals surface area (Å²) >= 11 is 0. The minimum Gasteiger partial charge on any atom is -0.507 e. The van der Waals surface area contributed by atoms with Crippen molar-refractivity contribution in [3.8, 4) is 5.75 Å². The van der Waals surface area contributed by atoms with Gasteiger partial charge in [0.25, 0.3) is 0 Å². The fourth-order valence-corrected chi connectivity index (χ4v) is 4.10. The SMILES string of the molecule is CCCC1CC1c1cc(C)cc(C2(CCC)CC2)c1O. The molecule has 1 aromatic rings. The molecule has 2 unspecified atom stereocenters. The molecule has 0 aliphatic heterocycles. The van der Waals surface area contributed by atoms with Gasteiger partial charge < -0.3 is 5.11 Å². The Labute approximate surface area is 123 Å². The smallest absolute Gasteiger partial charge is 0.122 e. The number of aromatic hydroxyl groups is 1. The van der Waals surface area contributed by atoms with E-state index in [0.29, 0.717) is 17.1 Å². The topological polar surface area (TPSA) is 20.2 Å². The van der Waals surface area contributed by atoms with Crippen molar-refractivity contribution in [2.24, 2.45) is 5.92 Å². The maximum absolute atomic E-state index is 10.8. The lowest BCUT2D eigenvalue weighted by Crippen LogP contribution is -2.08. The summed E-state index contributed by atoms with van der Waals surface area (Å²) < 4.78 is 0. The van der Waals surface area contributed by atoms with Crippen LogP contribution in [-0.2, 0) is 5.41 Å². The van der Waals surface area contributed by atoms with E-state index >= 15 is 0 Å². The zero-order valence-electron chi connectivity index (χ0n) is 13.2. The van der Waals surface area contributed by atoms with Crippen LogP contribution in [0.4, 0.5) is 0 Å². The Kier molecular flexibility index (Phi) is 3.56. The standard InChI is InChI=1S/C19H28O/c1-4-6-14-12-15(14)16-10-13(3)11-17(18(16)20)19(7-5-2)8-9-19/h10-11,14-15,20H,4-9,12H2,1-3H3. The van der Waals surface area contributed by atoms with Crippen molar-refractivity contribution in [1.29, 1.82) is 0 Å². The maximum Gasteiger partial charge on any atom is 0.122 e. The predicted octanol–water partition coefficient (Wildman–Crippen LogP) is 5.44. The van der Waals surface area contributed by atoms with Crippen LogP contribution in [0.2, 0.25) is 0 Å². The molecule has 2 atom stereocenters. The van der Waals surface area contributed by atoms with Gasteiger partial charge in [-0.15, -0.1) is 0 Å². The first kappa shape index (κ1) is 14.0. The highest BCUT2D eigenvalue weighted by atomic mass is 16.3. The fourth-order valence-electron chi connectivity index (χ4n) is 4.10. The number of aryl methyl sites for hydroxylation is 1. The molecule has 2 aliphatic rings. The summed E-state index contributed by atoms with van der Waals surface area (Å²) in [5, 5.41) is 10.8. The van der Waals surface area contributed by atoms with E-state index in [2.05, 4.69) is 32.9 Å². The van der Waals surface area contributed by atoms with Crippen molar-refractivity contribution in [3.05, 3.63) is 28.8 Å². The highest BCUT2D eigenvalue weighted by Crippen LogP contribution is 2.59. The predicted molar refractivity (Wildman–Crippen MR) is 84.4 cm³/mol. The molecule has 0 saturated heterocycles. The second-order valence-corrected chi connectivity index (χ2v) is 7.17. The molecule has 2 aliphatic carbocycles. The molecule has 0 heterocycles. The summed E-state index contributed by atoms with van der Waals surface area (Å²) in [5.41, 5.74) is 4.16. The quantitative estimate of drug-likeness (QED) is 0.731. The molecule has 110 valence electrons. The van der Waals surface area contributed by atoms with Gasteiger partial charge in [0, 0.05) is 5.56 Å². The maximum atomic E-state index is 10.8. The van der Waals surface area contributed by atoms with Crippen LogP contribution in [-0.4, -0.2) is 5.11 Å². The first-order valence-corrected chi connectivity index (χ1v) is 8.45. The molecular weight excluding hydrogens is 244 g/mol. The molecule has 0 aromatic heterocycles. The van der Waals surface area contributed by atoms with Gasteiger partial charge in [0.1, 0.15) is 5.75 Å². The number of phenols is 1. The van der Waals surface area contributed by atoms with E-state index in [1.165, 1.54) is 61.6 Å². The third-order valence-corrected chi connectivity index (χ3v) is 5.42. The highest BCUT2D eigenvalue weighted by molar-refractivity contribution is 5.52. The van der Waals surface area contributed by atoms with Crippen LogP contribution in [0.5, 0.6) is 5.75 Å². The Morgan fingerprint density at radius 2 is 1.95 bits per heavy atom. The molecule has 2 saturated carbocycles. The second-order valence-electron chi connectivity index (χ2n) is 7.17. The van der Waals surface area contributed by atoms with Gasteiger partial charge in [-0.1, -0.05) is 50.8 Å². The minimum atomic E-state index is 0.314. The number of rotatable bonds is 6. The van der Waals surface area contributed by atoms with E-state index in [-0.39, 0.29) is 0 Å². The van der Waals surface area contributed by atoms with Crippen LogP contribution in [0.3, 0.4) is 0 Å². The lowest BCUT2D eigenvalue weighted by Gasteiger charge is -2.19. The summed E-state index contributed by atoms with van der Waals surface area (Å²) in [4.78, 5) is 0. The lowest BCUT2D eigenvalue weighted by molar-refractivity contribution is 0.445. The van der Waals surface area contributed by atoms with E-state index in [1.54, 1.807) is 0 Å². The summed E-state index contributed by atoms with van der Waals surface area (Å²) in [6, 6.07) is 4.49. The molecule has 1 heteroatoms. The van der Waals surface area contributed by atoms with Crippen molar-refractivity contribution in [2.45, 2.75) is 77.0 Å². The average Bonchev–Trinajstić information content (AvgIpc) is 3.30. The first-order valence-electron chi connectivity index (χ1n) is 8.45. The molecule has 0 amide bonds. The van der Waals surface area contributed by atoms with Crippen LogP contribution in [0, 0.1) is 12.8 Å². The number of hydrogen-bond donors (Lipinski definition) is 1. The Bertz CT molecular complexity index is 499. The van der Waals surface area contributed by atoms with Crippen LogP contribution in [0.15, 0.2) is 12.1 Å². The third kappa shape index (κ3) is 2.36. The summed E-state index contributed by atoms with van der Waals surface area (Å²) in [5.74, 6) is 2.10. The molecule has 0 radical (unpaired) electrons. The van der Waals surface area contributed by atoms with Crippen molar-refractivity contribution in [2.75, 3.05) is 0 Å². The van der Waals surface area contributed by atoms with Crippen molar-refractivity contribution in [3.63, 3.8) is 0 Å².